The van der Waals surface area contributed by atoms with Crippen molar-refractivity contribution in [3.05, 3.63) is 65.5 Å². The zero-order valence-electron chi connectivity index (χ0n) is 15.6. The number of benzene rings is 2. The lowest BCUT2D eigenvalue weighted by Gasteiger charge is -2.21. The summed E-state index contributed by atoms with van der Waals surface area (Å²) in [6.45, 7) is 3.60. The highest BCUT2D eigenvalue weighted by Gasteiger charge is 2.27. The van der Waals surface area contributed by atoms with E-state index < -0.39 is 23.7 Å². The Morgan fingerprint density at radius 2 is 1.79 bits per heavy atom. The van der Waals surface area contributed by atoms with Crippen LogP contribution in [0.4, 0.5) is 4.39 Å². The number of nitrogens with zero attached hydrogens (tertiary/aromatic N) is 1. The summed E-state index contributed by atoms with van der Waals surface area (Å²) in [5.74, 6) is -1.66. The standard InChI is InChI=1S/C21H21FN2O4/c1-14(2)19(24-20(25)17-5-3-4-6-18(17)22)21(26)28-12-11-27-16-9-7-15(13-23)8-10-16/h3-10,14,19H,11-12H2,1-2H3,(H,24,25)/t19-/m0/s1. The Morgan fingerprint density at radius 1 is 1.11 bits per heavy atom. The van der Waals surface area contributed by atoms with Gasteiger partial charge in [-0.2, -0.15) is 5.26 Å². The van der Waals surface area contributed by atoms with E-state index in [0.29, 0.717) is 11.3 Å². The molecule has 0 saturated heterocycles. The summed E-state index contributed by atoms with van der Waals surface area (Å²) < 4.78 is 24.4. The van der Waals surface area contributed by atoms with Gasteiger partial charge in [-0.25, -0.2) is 9.18 Å². The van der Waals surface area contributed by atoms with Crippen molar-refractivity contribution in [2.45, 2.75) is 19.9 Å². The molecule has 1 atom stereocenters. The van der Waals surface area contributed by atoms with Crippen molar-refractivity contribution in [3.63, 3.8) is 0 Å². The molecule has 1 N–H and O–H groups in total. The number of carbonyl (C=O) groups excluding carboxylic acids is 2. The Balaban J connectivity index is 1.86. The maximum atomic E-state index is 13.7. The second kappa shape index (κ2) is 10.1. The largest absolute Gasteiger partial charge is 0.490 e. The molecule has 0 fully saturated rings. The molecule has 0 aliphatic carbocycles. The molecule has 0 bridgehead atoms. The van der Waals surface area contributed by atoms with Crippen molar-refractivity contribution in [3.8, 4) is 11.8 Å². The third kappa shape index (κ3) is 5.81. The molecule has 1 amide bonds. The zero-order chi connectivity index (χ0) is 20.5. The quantitative estimate of drug-likeness (QED) is 0.558. The van der Waals surface area contributed by atoms with E-state index in [1.165, 1.54) is 18.2 Å². The first-order valence-electron chi connectivity index (χ1n) is 8.77. The monoisotopic (exact) mass is 384 g/mol. The van der Waals surface area contributed by atoms with E-state index in [4.69, 9.17) is 14.7 Å². The van der Waals surface area contributed by atoms with Gasteiger partial charge in [0.15, 0.2) is 0 Å². The first kappa shape index (κ1) is 20.9. The number of rotatable bonds is 8. The van der Waals surface area contributed by atoms with Crippen molar-refractivity contribution < 1.29 is 23.5 Å². The summed E-state index contributed by atoms with van der Waals surface area (Å²) in [5.41, 5.74) is 0.384. The maximum absolute atomic E-state index is 13.7. The molecule has 0 radical (unpaired) electrons. The van der Waals surface area contributed by atoms with Crippen molar-refractivity contribution in [2.75, 3.05) is 13.2 Å². The van der Waals surface area contributed by atoms with E-state index in [0.717, 1.165) is 0 Å². The third-order valence-corrected chi connectivity index (χ3v) is 3.91. The molecule has 28 heavy (non-hydrogen) atoms. The number of carbonyl (C=O) groups is 2. The molecule has 0 spiro atoms. The van der Waals surface area contributed by atoms with Gasteiger partial charge in [-0.1, -0.05) is 26.0 Å². The molecule has 0 heterocycles. The van der Waals surface area contributed by atoms with Crippen LogP contribution >= 0.6 is 0 Å². The first-order valence-corrected chi connectivity index (χ1v) is 8.77. The second-order valence-electron chi connectivity index (χ2n) is 6.33. The van der Waals surface area contributed by atoms with Gasteiger partial charge >= 0.3 is 5.97 Å². The van der Waals surface area contributed by atoms with Crippen LogP contribution in [0.25, 0.3) is 0 Å². The number of amides is 1. The highest BCUT2D eigenvalue weighted by atomic mass is 19.1. The SMILES string of the molecule is CC(C)[C@H](NC(=O)c1ccccc1F)C(=O)OCCOc1ccc(C#N)cc1. The molecule has 0 aliphatic heterocycles. The van der Waals surface area contributed by atoms with Crippen LogP contribution in [-0.2, 0) is 9.53 Å². The first-order chi connectivity index (χ1) is 13.4. The molecule has 6 nitrogen and oxygen atoms in total. The van der Waals surface area contributed by atoms with Gasteiger partial charge in [-0.15, -0.1) is 0 Å². The van der Waals surface area contributed by atoms with Gasteiger partial charge in [0, 0.05) is 0 Å². The summed E-state index contributed by atoms with van der Waals surface area (Å²) in [5, 5.41) is 11.3. The lowest BCUT2D eigenvalue weighted by Crippen LogP contribution is -2.45. The minimum Gasteiger partial charge on any atom is -0.490 e. The zero-order valence-corrected chi connectivity index (χ0v) is 15.6. The highest BCUT2D eigenvalue weighted by molar-refractivity contribution is 5.97. The number of ether oxygens (including phenoxy) is 2. The van der Waals surface area contributed by atoms with Crippen LogP contribution in [-0.4, -0.2) is 31.1 Å². The van der Waals surface area contributed by atoms with E-state index >= 15 is 0 Å². The summed E-state index contributed by atoms with van der Waals surface area (Å²) in [6.07, 6.45) is 0. The Hall–Kier alpha value is -3.40. The lowest BCUT2D eigenvalue weighted by atomic mass is 10.0. The fourth-order valence-corrected chi connectivity index (χ4v) is 2.38. The van der Waals surface area contributed by atoms with Crippen LogP contribution in [0, 0.1) is 23.1 Å². The second-order valence-corrected chi connectivity index (χ2v) is 6.33. The average Bonchev–Trinajstić information content (AvgIpc) is 2.69. The Morgan fingerprint density at radius 3 is 2.39 bits per heavy atom. The van der Waals surface area contributed by atoms with Crippen LogP contribution in [0.15, 0.2) is 48.5 Å². The fraction of sp³-hybridized carbons (Fsp3) is 0.286. The minimum absolute atomic E-state index is 0.0162. The Bertz CT molecular complexity index is 859. The minimum atomic E-state index is -0.915. The van der Waals surface area contributed by atoms with Gasteiger partial charge in [0.05, 0.1) is 17.2 Å². The van der Waals surface area contributed by atoms with E-state index in [9.17, 15) is 14.0 Å². The van der Waals surface area contributed by atoms with E-state index in [1.807, 2.05) is 6.07 Å². The van der Waals surface area contributed by atoms with Gasteiger partial charge in [-0.05, 0) is 42.3 Å². The van der Waals surface area contributed by atoms with Gasteiger partial charge in [0.2, 0.25) is 0 Å². The van der Waals surface area contributed by atoms with Crippen LogP contribution in [0.2, 0.25) is 0 Å². The molecule has 2 aromatic carbocycles. The van der Waals surface area contributed by atoms with Crippen molar-refractivity contribution in [1.82, 2.24) is 5.32 Å². The molecule has 146 valence electrons. The Kier molecular flexibility index (Phi) is 7.52. The van der Waals surface area contributed by atoms with E-state index in [2.05, 4.69) is 5.32 Å². The lowest BCUT2D eigenvalue weighted by molar-refractivity contribution is -0.147. The number of esters is 1. The summed E-state index contributed by atoms with van der Waals surface area (Å²) in [7, 11) is 0. The van der Waals surface area contributed by atoms with Crippen molar-refractivity contribution in [2.24, 2.45) is 5.92 Å². The topological polar surface area (TPSA) is 88.4 Å². The van der Waals surface area contributed by atoms with Gasteiger partial charge in [0.1, 0.15) is 30.8 Å². The molecule has 2 rings (SSSR count). The van der Waals surface area contributed by atoms with Gasteiger partial charge in [-0.3, -0.25) is 4.79 Å². The normalized spacial score (nSPS) is 11.4. The predicted octanol–water partition coefficient (Wildman–Crippen LogP) is 3.07. The summed E-state index contributed by atoms with van der Waals surface area (Å²) >= 11 is 0. The fourth-order valence-electron chi connectivity index (χ4n) is 2.38. The predicted molar refractivity (Wildman–Crippen MR) is 100 cm³/mol. The summed E-state index contributed by atoms with van der Waals surface area (Å²) in [4.78, 5) is 24.6. The molecule has 2 aromatic rings. The number of hydrogen-bond acceptors (Lipinski definition) is 5. The van der Waals surface area contributed by atoms with Gasteiger partial charge in [0.25, 0.3) is 5.91 Å². The Labute approximate surface area is 162 Å². The van der Waals surface area contributed by atoms with Crippen LogP contribution in [0.5, 0.6) is 5.75 Å². The van der Waals surface area contributed by atoms with E-state index in [-0.39, 0.29) is 24.7 Å². The molecular weight excluding hydrogens is 363 g/mol. The molecule has 0 aromatic heterocycles. The van der Waals surface area contributed by atoms with Crippen molar-refractivity contribution >= 4 is 11.9 Å². The molecule has 0 saturated carbocycles. The van der Waals surface area contributed by atoms with Crippen LogP contribution < -0.4 is 10.1 Å². The number of halogens is 1. The van der Waals surface area contributed by atoms with Crippen LogP contribution in [0.1, 0.15) is 29.8 Å². The van der Waals surface area contributed by atoms with Crippen molar-refractivity contribution in [1.29, 1.82) is 5.26 Å². The number of nitrogens with one attached hydrogen (secondary N) is 1. The van der Waals surface area contributed by atoms with Crippen LogP contribution in [0.3, 0.4) is 0 Å². The number of hydrogen-bond donors (Lipinski definition) is 1. The van der Waals surface area contributed by atoms with E-state index in [1.54, 1.807) is 44.2 Å². The highest BCUT2D eigenvalue weighted by Crippen LogP contribution is 2.12. The average molecular weight is 384 g/mol. The maximum Gasteiger partial charge on any atom is 0.329 e. The molecule has 0 aliphatic rings. The molecule has 7 heteroatoms. The smallest absolute Gasteiger partial charge is 0.329 e. The summed E-state index contributed by atoms with van der Waals surface area (Å²) in [6, 6.07) is 13.2. The molecular formula is C21H21FN2O4. The van der Waals surface area contributed by atoms with Gasteiger partial charge < -0.3 is 14.8 Å². The molecule has 0 unspecified atom stereocenters. The number of nitriles is 1. The third-order valence-electron chi connectivity index (χ3n) is 3.91.